The minimum atomic E-state index is -0.325. The topological polar surface area (TPSA) is 85.9 Å². The van der Waals surface area contributed by atoms with Crippen molar-refractivity contribution in [3.8, 4) is 0 Å². The number of carbonyl (C=O) groups is 1. The Morgan fingerprint density at radius 1 is 1.31 bits per heavy atom. The largest absolute Gasteiger partial charge is 0.373 e. The molecule has 3 N–H and O–H groups in total. The van der Waals surface area contributed by atoms with Crippen LogP contribution in [0.3, 0.4) is 0 Å². The van der Waals surface area contributed by atoms with Gasteiger partial charge >= 0.3 is 0 Å². The second-order valence-electron chi connectivity index (χ2n) is 7.47. The van der Waals surface area contributed by atoms with E-state index in [0.717, 1.165) is 48.8 Å². The number of hydrogen-bond donors (Lipinski definition) is 3. The maximum Gasteiger partial charge on any atom is 0.270 e. The van der Waals surface area contributed by atoms with Crippen LogP contribution in [0, 0.1) is 5.82 Å². The summed E-state index contributed by atoms with van der Waals surface area (Å²) in [5, 5.41) is 7.15. The van der Waals surface area contributed by atoms with Crippen molar-refractivity contribution >= 4 is 22.6 Å². The van der Waals surface area contributed by atoms with Crippen LogP contribution >= 0.6 is 0 Å². The summed E-state index contributed by atoms with van der Waals surface area (Å²) in [5.74, 6) is 1.33. The molecule has 0 radical (unpaired) electrons. The molecule has 1 fully saturated rings. The third-order valence-electron chi connectivity index (χ3n) is 5.27. The van der Waals surface area contributed by atoms with Gasteiger partial charge in [0.1, 0.15) is 23.2 Å². The van der Waals surface area contributed by atoms with Crippen LogP contribution in [0.1, 0.15) is 40.8 Å². The number of rotatable bonds is 5. The number of anilines is 1. The number of fused-ring (bicyclic) bond motifs is 1. The molecule has 0 bridgehead atoms. The molecule has 3 aromatic rings. The number of aromatic nitrogens is 3. The molecule has 152 valence electrons. The molecule has 1 aliphatic heterocycles. The number of hydrogen-bond acceptors (Lipinski definition) is 5. The molecule has 8 heteroatoms. The zero-order chi connectivity index (χ0) is 20.4. The van der Waals surface area contributed by atoms with Gasteiger partial charge in [-0.25, -0.2) is 14.4 Å². The molecular weight excluding hydrogens is 371 g/mol. The van der Waals surface area contributed by atoms with Crippen LogP contribution in [0.5, 0.6) is 0 Å². The summed E-state index contributed by atoms with van der Waals surface area (Å²) in [6.07, 6.45) is 2.16. The van der Waals surface area contributed by atoms with E-state index in [1.807, 2.05) is 13.1 Å². The van der Waals surface area contributed by atoms with Gasteiger partial charge in [0.15, 0.2) is 0 Å². The summed E-state index contributed by atoms with van der Waals surface area (Å²) in [6.45, 7) is 2.25. The fraction of sp³-hybridized carbons (Fsp3) is 0.381. The zero-order valence-electron chi connectivity index (χ0n) is 16.6. The van der Waals surface area contributed by atoms with Crippen LogP contribution in [0.4, 0.5) is 10.2 Å². The maximum absolute atomic E-state index is 13.4. The van der Waals surface area contributed by atoms with Crippen molar-refractivity contribution in [2.24, 2.45) is 0 Å². The normalized spacial score (nSPS) is 16.7. The van der Waals surface area contributed by atoms with Gasteiger partial charge in [0.05, 0.1) is 12.2 Å². The van der Waals surface area contributed by atoms with E-state index in [2.05, 4.69) is 20.6 Å². The summed E-state index contributed by atoms with van der Waals surface area (Å²) in [6, 6.07) is 7.96. The van der Waals surface area contributed by atoms with Crippen LogP contribution in [-0.2, 0) is 6.54 Å². The van der Waals surface area contributed by atoms with E-state index in [1.165, 1.54) is 12.1 Å². The molecule has 0 saturated carbocycles. The van der Waals surface area contributed by atoms with Gasteiger partial charge in [-0.3, -0.25) is 4.79 Å². The van der Waals surface area contributed by atoms with E-state index in [0.29, 0.717) is 17.6 Å². The molecule has 4 rings (SSSR count). The van der Waals surface area contributed by atoms with E-state index >= 15 is 0 Å². The summed E-state index contributed by atoms with van der Waals surface area (Å²) < 4.78 is 13.4. The lowest BCUT2D eigenvalue weighted by molar-refractivity contribution is 0.0778. The Labute approximate surface area is 168 Å². The number of H-pyrrole nitrogens is 1. The minimum absolute atomic E-state index is 0.174. The number of halogens is 1. The first kappa shape index (κ1) is 19.3. The average molecular weight is 396 g/mol. The van der Waals surface area contributed by atoms with Gasteiger partial charge in [-0.2, -0.15) is 0 Å². The highest BCUT2D eigenvalue weighted by Gasteiger charge is 2.21. The van der Waals surface area contributed by atoms with E-state index in [4.69, 9.17) is 4.98 Å². The Bertz CT molecular complexity index is 1030. The molecule has 0 spiro atoms. The van der Waals surface area contributed by atoms with Gasteiger partial charge in [-0.1, -0.05) is 0 Å². The molecular formula is C21H25FN6O. The van der Waals surface area contributed by atoms with Crippen molar-refractivity contribution in [2.45, 2.75) is 25.3 Å². The molecule has 0 aliphatic carbocycles. The van der Waals surface area contributed by atoms with E-state index in [9.17, 15) is 9.18 Å². The Kier molecular flexibility index (Phi) is 5.44. The van der Waals surface area contributed by atoms with E-state index in [-0.39, 0.29) is 17.6 Å². The molecule has 1 aromatic carbocycles. The molecule has 7 nitrogen and oxygen atoms in total. The number of benzene rings is 1. The third-order valence-corrected chi connectivity index (χ3v) is 5.27. The second kappa shape index (κ2) is 8.16. The standard InChI is InChI=1S/C21H25FN6O/c1-23-19-10-16(25-20(27-19)13-4-3-7-24-11-13)12-28(2)21(29)18-9-14-8-15(22)5-6-17(14)26-18/h5-6,8-10,13,24,26H,3-4,7,11-12H2,1-2H3,(H,23,25,27). The first-order valence-corrected chi connectivity index (χ1v) is 9.83. The van der Waals surface area contributed by atoms with Crippen molar-refractivity contribution in [3.63, 3.8) is 0 Å². The van der Waals surface area contributed by atoms with Gasteiger partial charge in [0.2, 0.25) is 0 Å². The van der Waals surface area contributed by atoms with Gasteiger partial charge in [-0.05, 0) is 43.7 Å². The maximum atomic E-state index is 13.4. The molecule has 1 unspecified atom stereocenters. The van der Waals surface area contributed by atoms with Crippen molar-refractivity contribution in [2.75, 3.05) is 32.5 Å². The SMILES string of the molecule is CNc1cc(CN(C)C(=O)c2cc3cc(F)ccc3[nH]2)nc(C2CCCNC2)n1. The number of nitrogens with one attached hydrogen (secondary N) is 3. The number of carbonyl (C=O) groups excluding carboxylic acids is 1. The summed E-state index contributed by atoms with van der Waals surface area (Å²) in [7, 11) is 3.56. The fourth-order valence-corrected chi connectivity index (χ4v) is 3.72. The highest BCUT2D eigenvalue weighted by Crippen LogP contribution is 2.23. The Morgan fingerprint density at radius 3 is 2.93 bits per heavy atom. The fourth-order valence-electron chi connectivity index (χ4n) is 3.72. The highest BCUT2D eigenvalue weighted by molar-refractivity contribution is 5.97. The van der Waals surface area contributed by atoms with Crippen LogP contribution in [0.25, 0.3) is 10.9 Å². The first-order chi connectivity index (χ1) is 14.0. The Hall–Kier alpha value is -3.00. The molecule has 1 saturated heterocycles. The number of piperidine rings is 1. The molecule has 1 atom stereocenters. The van der Waals surface area contributed by atoms with Gasteiger partial charge < -0.3 is 20.5 Å². The molecule has 29 heavy (non-hydrogen) atoms. The summed E-state index contributed by atoms with van der Waals surface area (Å²) >= 11 is 0. The third kappa shape index (κ3) is 4.22. The molecule has 1 amide bonds. The Balaban J connectivity index is 1.54. The van der Waals surface area contributed by atoms with Gasteiger partial charge in [0, 0.05) is 43.5 Å². The molecule has 1 aliphatic rings. The Morgan fingerprint density at radius 2 is 2.17 bits per heavy atom. The minimum Gasteiger partial charge on any atom is -0.373 e. The number of aromatic amines is 1. The van der Waals surface area contributed by atoms with Gasteiger partial charge in [-0.15, -0.1) is 0 Å². The van der Waals surface area contributed by atoms with Crippen molar-refractivity contribution in [3.05, 3.63) is 53.4 Å². The lowest BCUT2D eigenvalue weighted by atomic mass is 9.99. The van der Waals surface area contributed by atoms with Crippen LogP contribution in [0.2, 0.25) is 0 Å². The smallest absolute Gasteiger partial charge is 0.270 e. The van der Waals surface area contributed by atoms with Crippen LogP contribution < -0.4 is 10.6 Å². The average Bonchev–Trinajstić information content (AvgIpc) is 3.16. The summed E-state index contributed by atoms with van der Waals surface area (Å²) in [5.41, 5.74) is 1.94. The quantitative estimate of drug-likeness (QED) is 0.617. The predicted molar refractivity (Wildman–Crippen MR) is 110 cm³/mol. The lowest BCUT2D eigenvalue weighted by Gasteiger charge is -2.23. The number of nitrogens with zero attached hydrogens (tertiary/aromatic N) is 3. The second-order valence-corrected chi connectivity index (χ2v) is 7.47. The predicted octanol–water partition coefficient (Wildman–Crippen LogP) is 2.88. The van der Waals surface area contributed by atoms with Crippen LogP contribution in [0.15, 0.2) is 30.3 Å². The first-order valence-electron chi connectivity index (χ1n) is 9.83. The van der Waals surface area contributed by atoms with Crippen molar-refractivity contribution in [1.29, 1.82) is 0 Å². The van der Waals surface area contributed by atoms with E-state index in [1.54, 1.807) is 24.1 Å². The van der Waals surface area contributed by atoms with Crippen molar-refractivity contribution < 1.29 is 9.18 Å². The monoisotopic (exact) mass is 396 g/mol. The summed E-state index contributed by atoms with van der Waals surface area (Å²) in [4.78, 5) is 26.9. The molecule has 3 heterocycles. The lowest BCUT2D eigenvalue weighted by Crippen LogP contribution is -2.30. The highest BCUT2D eigenvalue weighted by atomic mass is 19.1. The van der Waals surface area contributed by atoms with E-state index < -0.39 is 0 Å². The van der Waals surface area contributed by atoms with Gasteiger partial charge in [0.25, 0.3) is 5.91 Å². The zero-order valence-corrected chi connectivity index (χ0v) is 16.6. The van der Waals surface area contributed by atoms with Crippen molar-refractivity contribution in [1.82, 2.24) is 25.2 Å². The number of amides is 1. The van der Waals surface area contributed by atoms with Crippen LogP contribution in [-0.4, -0.2) is 52.9 Å². The molecule has 2 aromatic heterocycles.